The Morgan fingerprint density at radius 3 is 2.79 bits per heavy atom. The van der Waals surface area contributed by atoms with Gasteiger partial charge in [-0.2, -0.15) is 0 Å². The van der Waals surface area contributed by atoms with E-state index in [4.69, 9.17) is 5.11 Å². The molecular formula is C15H22N2O2. The maximum Gasteiger partial charge on any atom is 0.303 e. The molecule has 1 fully saturated rings. The van der Waals surface area contributed by atoms with E-state index in [1.165, 1.54) is 5.56 Å². The summed E-state index contributed by atoms with van der Waals surface area (Å²) in [5, 5.41) is 12.4. The third-order valence-electron chi connectivity index (χ3n) is 3.62. The van der Waals surface area contributed by atoms with Crippen LogP contribution in [0.4, 0.5) is 0 Å². The van der Waals surface area contributed by atoms with Crippen LogP contribution in [0.15, 0.2) is 30.3 Å². The van der Waals surface area contributed by atoms with Gasteiger partial charge in [-0.15, -0.1) is 0 Å². The first kappa shape index (κ1) is 14.0. The highest BCUT2D eigenvalue weighted by Crippen LogP contribution is 2.19. The van der Waals surface area contributed by atoms with E-state index in [0.717, 1.165) is 26.1 Å². The van der Waals surface area contributed by atoms with Crippen molar-refractivity contribution >= 4 is 5.97 Å². The molecule has 4 nitrogen and oxygen atoms in total. The standard InChI is InChI=1S/C15H22N2O2/c1-17-10-13(8-15(18)19)7-14(11-17)16-9-12-5-3-2-4-6-12/h2-6,13-14,16H,7-11H2,1H3,(H,18,19). The molecule has 0 amide bonds. The summed E-state index contributed by atoms with van der Waals surface area (Å²) in [4.78, 5) is 13.0. The van der Waals surface area contributed by atoms with Gasteiger partial charge in [-0.1, -0.05) is 30.3 Å². The summed E-state index contributed by atoms with van der Waals surface area (Å²) in [7, 11) is 2.06. The molecule has 104 valence electrons. The maximum absolute atomic E-state index is 10.8. The molecule has 0 spiro atoms. The summed E-state index contributed by atoms with van der Waals surface area (Å²) < 4.78 is 0. The largest absolute Gasteiger partial charge is 0.481 e. The quantitative estimate of drug-likeness (QED) is 0.846. The lowest BCUT2D eigenvalue weighted by Crippen LogP contribution is -2.47. The minimum absolute atomic E-state index is 0.254. The fourth-order valence-electron chi connectivity index (χ4n) is 2.84. The Morgan fingerprint density at radius 1 is 1.37 bits per heavy atom. The van der Waals surface area contributed by atoms with E-state index in [1.807, 2.05) is 18.2 Å². The third-order valence-corrected chi connectivity index (χ3v) is 3.62. The lowest BCUT2D eigenvalue weighted by Gasteiger charge is -2.35. The van der Waals surface area contributed by atoms with Gasteiger partial charge in [0.25, 0.3) is 0 Å². The number of nitrogens with zero attached hydrogens (tertiary/aromatic N) is 1. The average molecular weight is 262 g/mol. The van der Waals surface area contributed by atoms with E-state index in [0.29, 0.717) is 6.04 Å². The SMILES string of the molecule is CN1CC(CC(=O)O)CC(NCc2ccccc2)C1. The molecule has 1 aliphatic rings. The number of carbonyl (C=O) groups is 1. The maximum atomic E-state index is 10.8. The van der Waals surface area contributed by atoms with Gasteiger partial charge in [-0.3, -0.25) is 4.79 Å². The Bertz CT molecular complexity index is 408. The molecule has 1 saturated heterocycles. The molecule has 0 saturated carbocycles. The molecule has 2 atom stereocenters. The zero-order valence-electron chi connectivity index (χ0n) is 11.4. The fourth-order valence-corrected chi connectivity index (χ4v) is 2.84. The van der Waals surface area contributed by atoms with Crippen LogP contribution in [0.3, 0.4) is 0 Å². The Balaban J connectivity index is 1.84. The first-order valence-corrected chi connectivity index (χ1v) is 6.81. The molecule has 0 aromatic heterocycles. The smallest absolute Gasteiger partial charge is 0.303 e. The van der Waals surface area contributed by atoms with Crippen molar-refractivity contribution in [2.45, 2.75) is 25.4 Å². The minimum atomic E-state index is -0.692. The van der Waals surface area contributed by atoms with Crippen molar-refractivity contribution in [2.24, 2.45) is 5.92 Å². The van der Waals surface area contributed by atoms with Gasteiger partial charge < -0.3 is 15.3 Å². The van der Waals surface area contributed by atoms with Crippen LogP contribution in [0, 0.1) is 5.92 Å². The number of carboxylic acid groups (broad SMARTS) is 1. The topological polar surface area (TPSA) is 52.6 Å². The van der Waals surface area contributed by atoms with Crippen LogP contribution in [0.1, 0.15) is 18.4 Å². The number of nitrogens with one attached hydrogen (secondary N) is 1. The second kappa shape index (κ2) is 6.68. The fraction of sp³-hybridized carbons (Fsp3) is 0.533. The summed E-state index contributed by atoms with van der Waals surface area (Å²) in [6.07, 6.45) is 1.22. The molecule has 4 heteroatoms. The number of aliphatic carboxylic acids is 1. The minimum Gasteiger partial charge on any atom is -0.481 e. The average Bonchev–Trinajstić information content (AvgIpc) is 2.36. The summed E-state index contributed by atoms with van der Waals surface area (Å²) in [5.74, 6) is -0.438. The normalized spacial score (nSPS) is 24.3. The summed E-state index contributed by atoms with van der Waals surface area (Å²) in [6.45, 7) is 2.72. The predicted molar refractivity (Wildman–Crippen MR) is 74.9 cm³/mol. The molecule has 2 rings (SSSR count). The van der Waals surface area contributed by atoms with Gasteiger partial charge in [0.15, 0.2) is 0 Å². The summed E-state index contributed by atoms with van der Waals surface area (Å²) in [5.41, 5.74) is 1.27. The first-order chi connectivity index (χ1) is 9.13. The van der Waals surface area contributed by atoms with Crippen molar-refractivity contribution in [1.29, 1.82) is 0 Å². The lowest BCUT2D eigenvalue weighted by atomic mass is 9.91. The number of hydrogen-bond donors (Lipinski definition) is 2. The molecule has 1 aromatic rings. The molecule has 2 N–H and O–H groups in total. The summed E-state index contributed by atoms with van der Waals surface area (Å²) in [6, 6.07) is 10.7. The first-order valence-electron chi connectivity index (χ1n) is 6.81. The van der Waals surface area contributed by atoms with Crippen molar-refractivity contribution < 1.29 is 9.90 Å². The molecule has 2 unspecified atom stereocenters. The van der Waals surface area contributed by atoms with Gasteiger partial charge in [0.1, 0.15) is 0 Å². The van der Waals surface area contributed by atoms with E-state index in [2.05, 4.69) is 29.4 Å². The van der Waals surface area contributed by atoms with Crippen molar-refractivity contribution in [3.05, 3.63) is 35.9 Å². The van der Waals surface area contributed by atoms with Crippen molar-refractivity contribution in [1.82, 2.24) is 10.2 Å². The highest BCUT2D eigenvalue weighted by molar-refractivity contribution is 5.67. The third kappa shape index (κ3) is 4.65. The second-order valence-corrected chi connectivity index (χ2v) is 5.48. The molecule has 0 aliphatic carbocycles. The van der Waals surface area contributed by atoms with Gasteiger partial charge in [0.05, 0.1) is 0 Å². The van der Waals surface area contributed by atoms with Gasteiger partial charge in [0, 0.05) is 32.1 Å². The number of benzene rings is 1. The Labute approximate surface area is 114 Å². The van der Waals surface area contributed by atoms with E-state index >= 15 is 0 Å². The number of likely N-dealkylation sites (tertiary alicyclic amines) is 1. The Kier molecular flexibility index (Phi) is 4.93. The molecule has 1 aromatic carbocycles. The van der Waals surface area contributed by atoms with Crippen molar-refractivity contribution in [3.8, 4) is 0 Å². The van der Waals surface area contributed by atoms with Crippen LogP contribution < -0.4 is 5.32 Å². The van der Waals surface area contributed by atoms with Crippen LogP contribution in [-0.4, -0.2) is 42.2 Å². The Hall–Kier alpha value is -1.39. The van der Waals surface area contributed by atoms with Crippen molar-refractivity contribution in [3.63, 3.8) is 0 Å². The molecule has 0 bridgehead atoms. The van der Waals surface area contributed by atoms with Gasteiger partial charge in [-0.25, -0.2) is 0 Å². The lowest BCUT2D eigenvalue weighted by molar-refractivity contribution is -0.138. The number of rotatable bonds is 5. The van der Waals surface area contributed by atoms with E-state index in [-0.39, 0.29) is 12.3 Å². The van der Waals surface area contributed by atoms with Crippen LogP contribution >= 0.6 is 0 Å². The van der Waals surface area contributed by atoms with Crippen LogP contribution in [0.25, 0.3) is 0 Å². The monoisotopic (exact) mass is 262 g/mol. The zero-order valence-corrected chi connectivity index (χ0v) is 11.4. The molecule has 19 heavy (non-hydrogen) atoms. The summed E-state index contributed by atoms with van der Waals surface area (Å²) >= 11 is 0. The molecular weight excluding hydrogens is 240 g/mol. The van der Waals surface area contributed by atoms with E-state index in [1.54, 1.807) is 0 Å². The Morgan fingerprint density at radius 2 is 2.11 bits per heavy atom. The number of hydrogen-bond acceptors (Lipinski definition) is 3. The highest BCUT2D eigenvalue weighted by atomic mass is 16.4. The number of carboxylic acids is 1. The van der Waals surface area contributed by atoms with Crippen LogP contribution in [0.2, 0.25) is 0 Å². The van der Waals surface area contributed by atoms with Gasteiger partial charge in [-0.05, 0) is 24.9 Å². The predicted octanol–water partition coefficient (Wildman–Crippen LogP) is 1.57. The number of likely N-dealkylation sites (N-methyl/N-ethyl adjacent to an activating group) is 1. The zero-order chi connectivity index (χ0) is 13.7. The molecule has 1 aliphatic heterocycles. The second-order valence-electron chi connectivity index (χ2n) is 5.48. The van der Waals surface area contributed by atoms with E-state index < -0.39 is 5.97 Å². The van der Waals surface area contributed by atoms with E-state index in [9.17, 15) is 4.79 Å². The van der Waals surface area contributed by atoms with Gasteiger partial charge >= 0.3 is 5.97 Å². The molecule has 1 heterocycles. The highest BCUT2D eigenvalue weighted by Gasteiger charge is 2.26. The van der Waals surface area contributed by atoms with Crippen molar-refractivity contribution in [2.75, 3.05) is 20.1 Å². The molecule has 0 radical (unpaired) electrons. The number of piperidine rings is 1. The van der Waals surface area contributed by atoms with Gasteiger partial charge in [0.2, 0.25) is 0 Å². The van der Waals surface area contributed by atoms with Crippen LogP contribution in [0.5, 0.6) is 0 Å². The van der Waals surface area contributed by atoms with Crippen LogP contribution in [-0.2, 0) is 11.3 Å².